The number of halogens is 6. The number of carboxylic acids is 1. The van der Waals surface area contributed by atoms with Crippen LogP contribution in [-0.2, 0) is 11.0 Å². The van der Waals surface area contributed by atoms with Crippen molar-refractivity contribution in [3.05, 3.63) is 35.4 Å². The van der Waals surface area contributed by atoms with Crippen LogP contribution in [0.5, 0.6) is 0 Å². The van der Waals surface area contributed by atoms with Crippen LogP contribution in [0.3, 0.4) is 0 Å². The third kappa shape index (κ3) is 5.25. The van der Waals surface area contributed by atoms with Crippen LogP contribution in [0.2, 0.25) is 0 Å². The predicted molar refractivity (Wildman–Crippen MR) is 60.7 cm³/mol. The van der Waals surface area contributed by atoms with Gasteiger partial charge in [-0.25, -0.2) is 4.79 Å². The predicted octanol–water partition coefficient (Wildman–Crippen LogP) is 3.03. The number of aliphatic carboxylic acids is 1. The standard InChI is InChI=1S/C10H10F3N.C2HF3O2/c11-10(12,13)9-3-1-7(2-4-9)8-5-14-6-8;3-2(4,5)1(6)7/h1-4,8,14H,5-6H2;(H,6,7). The van der Waals surface area contributed by atoms with E-state index in [-0.39, 0.29) is 0 Å². The highest BCUT2D eigenvalue weighted by atomic mass is 19.4. The Morgan fingerprint density at radius 3 is 1.71 bits per heavy atom. The van der Waals surface area contributed by atoms with E-state index in [0.29, 0.717) is 5.92 Å². The molecule has 1 saturated heterocycles. The van der Waals surface area contributed by atoms with Gasteiger partial charge >= 0.3 is 18.3 Å². The zero-order valence-electron chi connectivity index (χ0n) is 10.4. The number of carbonyl (C=O) groups is 1. The Labute approximate surface area is 115 Å². The maximum absolute atomic E-state index is 12.2. The van der Waals surface area contributed by atoms with Crippen LogP contribution in [-0.4, -0.2) is 30.3 Å². The Hall–Kier alpha value is -1.77. The Balaban J connectivity index is 0.000000270. The summed E-state index contributed by atoms with van der Waals surface area (Å²) in [5, 5.41) is 10.2. The monoisotopic (exact) mass is 315 g/mol. The summed E-state index contributed by atoms with van der Waals surface area (Å²) >= 11 is 0. The van der Waals surface area contributed by atoms with Gasteiger partial charge in [0, 0.05) is 19.0 Å². The van der Waals surface area contributed by atoms with Crippen LogP contribution in [0.15, 0.2) is 24.3 Å². The van der Waals surface area contributed by atoms with Gasteiger partial charge in [-0.15, -0.1) is 0 Å². The summed E-state index contributed by atoms with van der Waals surface area (Å²) in [6.07, 6.45) is -9.31. The van der Waals surface area contributed by atoms with E-state index in [1.165, 1.54) is 0 Å². The summed E-state index contributed by atoms with van der Waals surface area (Å²) < 4.78 is 68.3. The zero-order chi connectivity index (χ0) is 16.3. The first-order valence-corrected chi connectivity index (χ1v) is 5.70. The van der Waals surface area contributed by atoms with Gasteiger partial charge in [-0.05, 0) is 17.7 Å². The van der Waals surface area contributed by atoms with Crippen LogP contribution in [0.1, 0.15) is 17.0 Å². The molecule has 9 heteroatoms. The van der Waals surface area contributed by atoms with Gasteiger partial charge in [0.2, 0.25) is 0 Å². The van der Waals surface area contributed by atoms with Crippen molar-refractivity contribution >= 4 is 5.97 Å². The Bertz CT molecular complexity index is 476. The SMILES string of the molecule is FC(F)(F)c1ccc(C2CNC2)cc1.O=C(O)C(F)(F)F. The van der Waals surface area contributed by atoms with Gasteiger partial charge in [-0.2, -0.15) is 26.3 Å². The Morgan fingerprint density at radius 1 is 1.05 bits per heavy atom. The first-order valence-electron chi connectivity index (χ1n) is 5.70. The quantitative estimate of drug-likeness (QED) is 0.783. The molecule has 118 valence electrons. The maximum Gasteiger partial charge on any atom is 0.490 e. The van der Waals surface area contributed by atoms with Crippen molar-refractivity contribution in [1.82, 2.24) is 5.32 Å². The van der Waals surface area contributed by atoms with Gasteiger partial charge in [-0.1, -0.05) is 12.1 Å². The third-order valence-corrected chi connectivity index (χ3v) is 2.73. The van der Waals surface area contributed by atoms with Gasteiger partial charge in [0.15, 0.2) is 0 Å². The molecule has 3 nitrogen and oxygen atoms in total. The minimum atomic E-state index is -5.08. The van der Waals surface area contributed by atoms with Gasteiger partial charge < -0.3 is 10.4 Å². The largest absolute Gasteiger partial charge is 0.490 e. The molecule has 1 heterocycles. The molecular formula is C12H11F6NO2. The van der Waals surface area contributed by atoms with E-state index in [0.717, 1.165) is 30.8 Å². The van der Waals surface area contributed by atoms with Gasteiger partial charge in [0.1, 0.15) is 0 Å². The number of rotatable bonds is 1. The minimum Gasteiger partial charge on any atom is -0.475 e. The smallest absolute Gasteiger partial charge is 0.475 e. The molecule has 1 aliphatic heterocycles. The molecular weight excluding hydrogens is 304 g/mol. The van der Waals surface area contributed by atoms with Crippen molar-refractivity contribution in [2.75, 3.05) is 13.1 Å². The lowest BCUT2D eigenvalue weighted by Gasteiger charge is -2.27. The van der Waals surface area contributed by atoms with Gasteiger partial charge in [0.25, 0.3) is 0 Å². The van der Waals surface area contributed by atoms with E-state index < -0.39 is 23.9 Å². The van der Waals surface area contributed by atoms with Crippen molar-refractivity contribution in [3.8, 4) is 0 Å². The van der Waals surface area contributed by atoms with Crippen molar-refractivity contribution in [2.24, 2.45) is 0 Å². The van der Waals surface area contributed by atoms with E-state index in [1.54, 1.807) is 12.1 Å². The highest BCUT2D eigenvalue weighted by Crippen LogP contribution is 2.30. The first kappa shape index (κ1) is 17.3. The molecule has 1 aromatic rings. The fraction of sp³-hybridized carbons (Fsp3) is 0.417. The number of benzene rings is 1. The summed E-state index contributed by atoms with van der Waals surface area (Å²) in [6.45, 7) is 1.73. The van der Waals surface area contributed by atoms with Gasteiger partial charge in [-0.3, -0.25) is 0 Å². The average molecular weight is 315 g/mol. The van der Waals surface area contributed by atoms with E-state index in [2.05, 4.69) is 5.32 Å². The second kappa shape index (κ2) is 6.33. The first-order chi connectivity index (χ1) is 9.51. The number of hydrogen-bond donors (Lipinski definition) is 2. The molecule has 0 spiro atoms. The number of alkyl halides is 6. The summed E-state index contributed by atoms with van der Waals surface area (Å²) in [5.41, 5.74) is 0.408. The lowest BCUT2D eigenvalue weighted by atomic mass is 9.93. The van der Waals surface area contributed by atoms with Crippen LogP contribution < -0.4 is 5.32 Å². The molecule has 0 amide bonds. The van der Waals surface area contributed by atoms with Crippen LogP contribution in [0.25, 0.3) is 0 Å². The molecule has 1 aliphatic rings. The molecule has 0 bridgehead atoms. The molecule has 0 atom stereocenters. The molecule has 0 aliphatic carbocycles. The molecule has 2 N–H and O–H groups in total. The molecule has 0 radical (unpaired) electrons. The summed E-state index contributed by atoms with van der Waals surface area (Å²) in [5.74, 6) is -2.37. The van der Waals surface area contributed by atoms with E-state index in [9.17, 15) is 26.3 Å². The van der Waals surface area contributed by atoms with Crippen LogP contribution >= 0.6 is 0 Å². The van der Waals surface area contributed by atoms with Crippen molar-refractivity contribution in [3.63, 3.8) is 0 Å². The molecule has 21 heavy (non-hydrogen) atoms. The zero-order valence-corrected chi connectivity index (χ0v) is 10.4. The summed E-state index contributed by atoms with van der Waals surface area (Å²) in [6, 6.07) is 5.42. The minimum absolute atomic E-state index is 0.386. The number of nitrogens with one attached hydrogen (secondary N) is 1. The molecule has 0 aromatic heterocycles. The fourth-order valence-electron chi connectivity index (χ4n) is 1.47. The van der Waals surface area contributed by atoms with Crippen LogP contribution in [0.4, 0.5) is 26.3 Å². The van der Waals surface area contributed by atoms with Gasteiger partial charge in [0.05, 0.1) is 5.56 Å². The second-order valence-corrected chi connectivity index (χ2v) is 4.28. The lowest BCUT2D eigenvalue weighted by Crippen LogP contribution is -2.39. The number of hydrogen-bond acceptors (Lipinski definition) is 2. The Morgan fingerprint density at radius 2 is 1.48 bits per heavy atom. The molecule has 0 saturated carbocycles. The number of carboxylic acid groups (broad SMARTS) is 1. The third-order valence-electron chi connectivity index (χ3n) is 2.73. The Kier molecular flexibility index (Phi) is 5.21. The highest BCUT2D eigenvalue weighted by molar-refractivity contribution is 5.73. The topological polar surface area (TPSA) is 49.3 Å². The lowest BCUT2D eigenvalue weighted by molar-refractivity contribution is -0.192. The molecule has 2 rings (SSSR count). The highest BCUT2D eigenvalue weighted by Gasteiger charge is 2.38. The molecule has 1 aromatic carbocycles. The maximum atomic E-state index is 12.2. The molecule has 1 fully saturated rings. The van der Waals surface area contributed by atoms with E-state index in [1.807, 2.05) is 0 Å². The van der Waals surface area contributed by atoms with Crippen molar-refractivity contribution in [2.45, 2.75) is 18.3 Å². The summed E-state index contributed by atoms with van der Waals surface area (Å²) in [4.78, 5) is 8.90. The van der Waals surface area contributed by atoms with E-state index in [4.69, 9.17) is 9.90 Å². The van der Waals surface area contributed by atoms with Crippen molar-refractivity contribution < 1.29 is 36.2 Å². The average Bonchev–Trinajstić information content (AvgIpc) is 2.25. The normalized spacial score (nSPS) is 15.7. The molecule has 0 unspecified atom stereocenters. The van der Waals surface area contributed by atoms with Crippen LogP contribution in [0, 0.1) is 0 Å². The van der Waals surface area contributed by atoms with E-state index >= 15 is 0 Å². The van der Waals surface area contributed by atoms with Crippen molar-refractivity contribution in [1.29, 1.82) is 0 Å². The summed E-state index contributed by atoms with van der Waals surface area (Å²) in [7, 11) is 0. The fourth-order valence-corrected chi connectivity index (χ4v) is 1.47. The second-order valence-electron chi connectivity index (χ2n) is 4.28.